The van der Waals surface area contributed by atoms with Gasteiger partial charge in [-0.3, -0.25) is 14.4 Å². The van der Waals surface area contributed by atoms with Gasteiger partial charge in [0.15, 0.2) is 24.6 Å². The molecule has 0 radical (unpaired) electrons. The van der Waals surface area contributed by atoms with E-state index in [2.05, 4.69) is 81.5 Å². The number of unbranched alkanes of at least 4 members (excludes halogenated alkanes) is 23. The standard InChI is InChI=1S/C59H100O12/c1-4-7-10-13-16-19-22-24-25-26-27-29-31-33-36-39-42-45-51(60)67-48-50(69-52(61)46-43-40-37-35-32-28-23-20-17-14-11-8-5-2)49-68-59-57(55(64)54(63)56(71-59)58(65)66)70-53(62)47-44-41-38-34-30-21-18-15-12-9-6-3/h7,10,16,19-20,23-25,27,29,50,54-57,59,63-64H,4-6,8-9,11-15,17-18,21-22,26,28,30-49H2,1-3H3,(H,65,66)/b10-7-,19-16-,23-20-,25-24-,29-27-. The minimum absolute atomic E-state index is 0.0587. The van der Waals surface area contributed by atoms with Crippen LogP contribution < -0.4 is 0 Å². The smallest absolute Gasteiger partial charge is 0.335 e. The fourth-order valence-electron chi connectivity index (χ4n) is 8.24. The van der Waals surface area contributed by atoms with E-state index in [-0.39, 0.29) is 25.9 Å². The number of carbonyl (C=O) groups is 4. The van der Waals surface area contributed by atoms with E-state index in [0.29, 0.717) is 19.3 Å². The average molecular weight is 1000 g/mol. The predicted molar refractivity (Wildman–Crippen MR) is 285 cm³/mol. The number of carbonyl (C=O) groups excluding carboxylic acids is 3. The number of hydrogen-bond donors (Lipinski definition) is 3. The SMILES string of the molecule is CC/C=C\C/C=C\C/C=C\C/C=C\CCCCCCC(=O)OCC(COC1OC(C(=O)O)C(O)C(O)C1OC(=O)CCCCCCCCCCCCC)OC(=O)CCCCCCC/C=C\CCCCCC. The van der Waals surface area contributed by atoms with Gasteiger partial charge in [-0.1, -0.05) is 197 Å². The lowest BCUT2D eigenvalue weighted by Crippen LogP contribution is -2.61. The molecule has 1 rings (SSSR count). The highest BCUT2D eigenvalue weighted by Crippen LogP contribution is 2.26. The van der Waals surface area contributed by atoms with Crippen LogP contribution in [0.4, 0.5) is 0 Å². The molecule has 408 valence electrons. The number of aliphatic hydroxyl groups is 2. The van der Waals surface area contributed by atoms with Crippen LogP contribution in [0.3, 0.4) is 0 Å². The van der Waals surface area contributed by atoms with Crippen molar-refractivity contribution in [1.29, 1.82) is 0 Å². The normalized spacial score (nSPS) is 18.9. The molecule has 1 fully saturated rings. The lowest BCUT2D eigenvalue weighted by Gasteiger charge is -2.40. The Kier molecular flexibility index (Phi) is 43.7. The van der Waals surface area contributed by atoms with Crippen molar-refractivity contribution in [3.8, 4) is 0 Å². The van der Waals surface area contributed by atoms with Crippen molar-refractivity contribution in [2.45, 2.75) is 276 Å². The number of carboxylic acids is 1. The third-order valence-electron chi connectivity index (χ3n) is 12.6. The van der Waals surface area contributed by atoms with Gasteiger partial charge in [0.1, 0.15) is 18.8 Å². The molecule has 6 atom stereocenters. The summed E-state index contributed by atoms with van der Waals surface area (Å²) in [6.07, 6.45) is 44.8. The highest BCUT2D eigenvalue weighted by atomic mass is 16.7. The van der Waals surface area contributed by atoms with Crippen LogP contribution in [0.15, 0.2) is 60.8 Å². The van der Waals surface area contributed by atoms with Gasteiger partial charge in [-0.15, -0.1) is 0 Å². The van der Waals surface area contributed by atoms with Crippen molar-refractivity contribution in [2.24, 2.45) is 0 Å². The highest BCUT2D eigenvalue weighted by Gasteiger charge is 2.50. The first-order valence-electron chi connectivity index (χ1n) is 28.3. The minimum atomic E-state index is -1.90. The molecule has 71 heavy (non-hydrogen) atoms. The van der Waals surface area contributed by atoms with E-state index in [1.807, 2.05) is 0 Å². The molecule has 3 N–H and O–H groups in total. The van der Waals surface area contributed by atoms with E-state index >= 15 is 0 Å². The number of ether oxygens (including phenoxy) is 5. The first-order chi connectivity index (χ1) is 34.6. The number of esters is 3. The van der Waals surface area contributed by atoms with E-state index in [9.17, 15) is 34.5 Å². The minimum Gasteiger partial charge on any atom is -0.479 e. The summed E-state index contributed by atoms with van der Waals surface area (Å²) in [6.45, 7) is 5.81. The molecule has 0 aromatic carbocycles. The van der Waals surface area contributed by atoms with Gasteiger partial charge in [0.25, 0.3) is 0 Å². The number of rotatable bonds is 47. The van der Waals surface area contributed by atoms with Crippen molar-refractivity contribution in [3.63, 3.8) is 0 Å². The highest BCUT2D eigenvalue weighted by molar-refractivity contribution is 5.74. The summed E-state index contributed by atoms with van der Waals surface area (Å²) in [6, 6.07) is 0. The second-order valence-electron chi connectivity index (χ2n) is 19.2. The van der Waals surface area contributed by atoms with Crippen molar-refractivity contribution in [1.82, 2.24) is 0 Å². The third-order valence-corrected chi connectivity index (χ3v) is 12.6. The Bertz CT molecular complexity index is 1470. The Morgan fingerprint density at radius 1 is 0.479 bits per heavy atom. The fraction of sp³-hybridized carbons (Fsp3) is 0.763. The Labute approximate surface area is 430 Å². The molecule has 1 saturated heterocycles. The fourth-order valence-corrected chi connectivity index (χ4v) is 8.24. The molecule has 12 nitrogen and oxygen atoms in total. The second-order valence-corrected chi connectivity index (χ2v) is 19.2. The molecular formula is C59H100O12. The maximum absolute atomic E-state index is 13.1. The second kappa shape index (κ2) is 47.4. The van der Waals surface area contributed by atoms with Gasteiger partial charge < -0.3 is 39.0 Å². The van der Waals surface area contributed by atoms with Crippen LogP contribution in [0, 0.1) is 0 Å². The first kappa shape index (κ1) is 65.4. The lowest BCUT2D eigenvalue weighted by molar-refractivity contribution is -0.301. The molecule has 6 unspecified atom stereocenters. The van der Waals surface area contributed by atoms with E-state index in [1.165, 1.54) is 64.2 Å². The topological polar surface area (TPSA) is 175 Å². The zero-order chi connectivity index (χ0) is 51.8. The summed E-state index contributed by atoms with van der Waals surface area (Å²) in [5, 5.41) is 31.4. The third kappa shape index (κ3) is 37.8. The lowest BCUT2D eigenvalue weighted by atomic mass is 9.98. The van der Waals surface area contributed by atoms with Crippen LogP contribution in [0.25, 0.3) is 0 Å². The molecule has 0 bridgehead atoms. The van der Waals surface area contributed by atoms with Gasteiger partial charge >= 0.3 is 23.9 Å². The molecule has 1 aliphatic rings. The zero-order valence-corrected chi connectivity index (χ0v) is 44.7. The Hall–Kier alpha value is -3.58. The first-order valence-corrected chi connectivity index (χ1v) is 28.3. The predicted octanol–water partition coefficient (Wildman–Crippen LogP) is 14.0. The summed E-state index contributed by atoms with van der Waals surface area (Å²) in [5.74, 6) is -3.16. The number of allylic oxidation sites excluding steroid dienone is 10. The van der Waals surface area contributed by atoms with Crippen LogP contribution >= 0.6 is 0 Å². The molecule has 12 heteroatoms. The Balaban J connectivity index is 2.72. The number of aliphatic hydroxyl groups excluding tert-OH is 2. The van der Waals surface area contributed by atoms with Gasteiger partial charge in [-0.25, -0.2) is 4.79 Å². The summed E-state index contributed by atoms with van der Waals surface area (Å²) in [4.78, 5) is 51.0. The molecule has 0 aromatic heterocycles. The summed E-state index contributed by atoms with van der Waals surface area (Å²) in [5.41, 5.74) is 0. The maximum atomic E-state index is 13.1. The molecule has 1 heterocycles. The van der Waals surface area contributed by atoms with Gasteiger partial charge in [0, 0.05) is 19.3 Å². The molecule has 0 aliphatic carbocycles. The van der Waals surface area contributed by atoms with Crippen LogP contribution in [0.1, 0.15) is 239 Å². The molecule has 0 amide bonds. The summed E-state index contributed by atoms with van der Waals surface area (Å²) in [7, 11) is 0. The van der Waals surface area contributed by atoms with E-state index in [4.69, 9.17) is 23.7 Å². The Morgan fingerprint density at radius 3 is 1.38 bits per heavy atom. The average Bonchev–Trinajstić information content (AvgIpc) is 3.35. The number of aliphatic carboxylic acids is 1. The Morgan fingerprint density at radius 2 is 0.887 bits per heavy atom. The van der Waals surface area contributed by atoms with Crippen LogP contribution in [-0.2, 0) is 42.9 Å². The van der Waals surface area contributed by atoms with E-state index < -0.39 is 67.3 Å². The molecule has 0 spiro atoms. The molecule has 1 aliphatic heterocycles. The number of hydrogen-bond acceptors (Lipinski definition) is 11. The number of carboxylic acid groups (broad SMARTS) is 1. The van der Waals surface area contributed by atoms with Crippen LogP contribution in [-0.4, -0.2) is 89.2 Å². The molecular weight excluding hydrogens is 901 g/mol. The van der Waals surface area contributed by atoms with Crippen LogP contribution in [0.2, 0.25) is 0 Å². The zero-order valence-electron chi connectivity index (χ0n) is 44.7. The van der Waals surface area contributed by atoms with Crippen molar-refractivity contribution >= 4 is 23.9 Å². The molecule has 0 saturated carbocycles. The quantitative estimate of drug-likeness (QED) is 0.0228. The van der Waals surface area contributed by atoms with Crippen molar-refractivity contribution in [3.05, 3.63) is 60.8 Å². The van der Waals surface area contributed by atoms with Gasteiger partial charge in [0.05, 0.1) is 6.61 Å². The summed E-state index contributed by atoms with van der Waals surface area (Å²) < 4.78 is 28.3. The van der Waals surface area contributed by atoms with Gasteiger partial charge in [-0.05, 0) is 83.5 Å². The van der Waals surface area contributed by atoms with Gasteiger partial charge in [-0.2, -0.15) is 0 Å². The summed E-state index contributed by atoms with van der Waals surface area (Å²) >= 11 is 0. The van der Waals surface area contributed by atoms with Crippen molar-refractivity contribution in [2.75, 3.05) is 13.2 Å². The van der Waals surface area contributed by atoms with Crippen LogP contribution in [0.5, 0.6) is 0 Å². The van der Waals surface area contributed by atoms with Gasteiger partial charge in [0.2, 0.25) is 0 Å². The van der Waals surface area contributed by atoms with E-state index in [0.717, 1.165) is 116 Å². The maximum Gasteiger partial charge on any atom is 0.335 e. The van der Waals surface area contributed by atoms with Crippen molar-refractivity contribution < 1.29 is 58.2 Å². The largest absolute Gasteiger partial charge is 0.479 e. The molecule has 0 aromatic rings. The monoisotopic (exact) mass is 1000 g/mol. The van der Waals surface area contributed by atoms with E-state index in [1.54, 1.807) is 0 Å².